The van der Waals surface area contributed by atoms with Crippen LogP contribution in [0.1, 0.15) is 52.4 Å². The van der Waals surface area contributed by atoms with Crippen molar-refractivity contribution in [2.75, 3.05) is 7.11 Å². The molecule has 1 aliphatic heterocycles. The fourth-order valence-electron chi connectivity index (χ4n) is 3.76. The molecule has 0 aromatic rings. The molecule has 6 nitrogen and oxygen atoms in total. The lowest BCUT2D eigenvalue weighted by Gasteiger charge is -2.38. The Bertz CT molecular complexity index is 669. The number of alkyl halides is 3. The van der Waals surface area contributed by atoms with Gasteiger partial charge in [-0.25, -0.2) is 5.06 Å². The highest BCUT2D eigenvalue weighted by Gasteiger charge is 2.59. The number of amides is 1. The van der Waals surface area contributed by atoms with E-state index in [2.05, 4.69) is 4.18 Å². The number of carbonyl (C=O) groups excluding carboxylic acids is 1. The van der Waals surface area contributed by atoms with Crippen molar-refractivity contribution >= 4 is 16.0 Å². The minimum absolute atomic E-state index is 0.0219. The summed E-state index contributed by atoms with van der Waals surface area (Å²) in [5.74, 6) is -0.391. The average Bonchev–Trinajstić information content (AvgIpc) is 2.77. The third-order valence-electron chi connectivity index (χ3n) is 5.32. The topological polar surface area (TPSA) is 72.9 Å². The maximum absolute atomic E-state index is 12.7. The Balaban J connectivity index is 2.24. The van der Waals surface area contributed by atoms with Crippen LogP contribution in [0.15, 0.2) is 11.8 Å². The summed E-state index contributed by atoms with van der Waals surface area (Å²) in [6.07, 6.45) is 3.50. The van der Waals surface area contributed by atoms with E-state index in [1.165, 1.54) is 18.2 Å². The standard InChI is InChI=1S/C15H22F3NO5S/c1-4-13(5-2)10-14(19(23-3)12(13)20)8-6-11(7-9-14)24-25(21,22)15(16,17)18/h6H,4-5,7-10H2,1-3H3. The lowest BCUT2D eigenvalue weighted by atomic mass is 9.72. The fourth-order valence-corrected chi connectivity index (χ4v) is 4.29. The number of hydroxylamine groups is 2. The molecule has 0 aromatic carbocycles. The molecular weight excluding hydrogens is 363 g/mol. The Morgan fingerprint density at radius 3 is 2.28 bits per heavy atom. The molecule has 1 heterocycles. The summed E-state index contributed by atoms with van der Waals surface area (Å²) in [5, 5.41) is 1.31. The number of rotatable bonds is 5. The third kappa shape index (κ3) is 3.25. The van der Waals surface area contributed by atoms with Gasteiger partial charge in [0.15, 0.2) is 0 Å². The number of nitrogens with zero attached hydrogens (tertiary/aromatic N) is 1. The van der Waals surface area contributed by atoms with E-state index < -0.39 is 26.6 Å². The van der Waals surface area contributed by atoms with Crippen LogP contribution < -0.4 is 0 Å². The molecule has 2 aliphatic rings. The van der Waals surface area contributed by atoms with Crippen LogP contribution in [0.5, 0.6) is 0 Å². The van der Waals surface area contributed by atoms with Crippen LogP contribution in [0.4, 0.5) is 13.2 Å². The van der Waals surface area contributed by atoms with Gasteiger partial charge < -0.3 is 4.18 Å². The van der Waals surface area contributed by atoms with Crippen molar-refractivity contribution in [3.8, 4) is 0 Å². The van der Waals surface area contributed by atoms with Crippen molar-refractivity contribution < 1.29 is 35.4 Å². The SMILES string of the molecule is CCC1(CC)CC2(CC=C(OS(=O)(=O)C(F)(F)F)CC2)N(OC)C1=O. The second-order valence-corrected chi connectivity index (χ2v) is 8.07. The Kier molecular flexibility index (Phi) is 5.17. The molecule has 144 valence electrons. The molecule has 1 saturated heterocycles. The zero-order valence-corrected chi connectivity index (χ0v) is 15.2. The van der Waals surface area contributed by atoms with Crippen molar-refractivity contribution in [3.63, 3.8) is 0 Å². The van der Waals surface area contributed by atoms with E-state index in [-0.39, 0.29) is 30.9 Å². The molecule has 0 saturated carbocycles. The van der Waals surface area contributed by atoms with E-state index in [1.807, 2.05) is 13.8 Å². The second kappa shape index (κ2) is 6.46. The fraction of sp³-hybridized carbons (Fsp3) is 0.800. The number of allylic oxidation sites excluding steroid dienone is 1. The molecule has 0 N–H and O–H groups in total. The van der Waals surface area contributed by atoms with E-state index in [0.29, 0.717) is 19.3 Å². The minimum Gasteiger partial charge on any atom is -0.381 e. The van der Waals surface area contributed by atoms with Crippen LogP contribution in [-0.4, -0.2) is 37.5 Å². The van der Waals surface area contributed by atoms with E-state index in [0.717, 1.165) is 0 Å². The normalized spacial score (nSPS) is 26.9. The van der Waals surface area contributed by atoms with Gasteiger partial charge in [0.1, 0.15) is 5.76 Å². The van der Waals surface area contributed by atoms with Gasteiger partial charge in [-0.3, -0.25) is 9.63 Å². The van der Waals surface area contributed by atoms with Crippen LogP contribution in [0, 0.1) is 5.41 Å². The molecule has 25 heavy (non-hydrogen) atoms. The van der Waals surface area contributed by atoms with Gasteiger partial charge in [-0.1, -0.05) is 13.8 Å². The first-order valence-electron chi connectivity index (χ1n) is 8.05. The van der Waals surface area contributed by atoms with Crippen molar-refractivity contribution in [1.82, 2.24) is 5.06 Å². The summed E-state index contributed by atoms with van der Waals surface area (Å²) >= 11 is 0. The van der Waals surface area contributed by atoms with Crippen LogP contribution >= 0.6 is 0 Å². The predicted molar refractivity (Wildman–Crippen MR) is 82.2 cm³/mol. The molecule has 1 unspecified atom stereocenters. The minimum atomic E-state index is -5.67. The Labute approximate surface area is 145 Å². The lowest BCUT2D eigenvalue weighted by Crippen LogP contribution is -2.46. The highest BCUT2D eigenvalue weighted by Crippen LogP contribution is 2.52. The summed E-state index contributed by atoms with van der Waals surface area (Å²) in [5.41, 5.74) is -6.72. The van der Waals surface area contributed by atoms with Crippen molar-refractivity contribution in [1.29, 1.82) is 0 Å². The molecule has 1 aliphatic carbocycles. The van der Waals surface area contributed by atoms with Gasteiger partial charge in [0.25, 0.3) is 5.91 Å². The third-order valence-corrected chi connectivity index (χ3v) is 6.32. The van der Waals surface area contributed by atoms with E-state index >= 15 is 0 Å². The molecule has 10 heteroatoms. The monoisotopic (exact) mass is 385 g/mol. The van der Waals surface area contributed by atoms with Gasteiger partial charge in [0.2, 0.25) is 0 Å². The molecule has 1 amide bonds. The van der Waals surface area contributed by atoms with Gasteiger partial charge in [-0.05, 0) is 38.2 Å². The first kappa shape index (κ1) is 20.0. The molecule has 0 bridgehead atoms. The van der Waals surface area contributed by atoms with Crippen molar-refractivity contribution in [2.45, 2.75) is 63.4 Å². The first-order chi connectivity index (χ1) is 11.5. The lowest BCUT2D eigenvalue weighted by molar-refractivity contribution is -0.199. The Hall–Kier alpha value is -1.29. The van der Waals surface area contributed by atoms with Gasteiger partial charge in [0.05, 0.1) is 18.1 Å². The summed E-state index contributed by atoms with van der Waals surface area (Å²) < 4.78 is 63.8. The van der Waals surface area contributed by atoms with Gasteiger partial charge in [-0.15, -0.1) is 0 Å². The molecule has 1 spiro atoms. The largest absolute Gasteiger partial charge is 0.534 e. The van der Waals surface area contributed by atoms with Gasteiger partial charge in [0, 0.05) is 6.42 Å². The first-order valence-corrected chi connectivity index (χ1v) is 9.46. The second-order valence-electron chi connectivity index (χ2n) is 6.53. The number of hydrogen-bond acceptors (Lipinski definition) is 5. The van der Waals surface area contributed by atoms with Crippen LogP contribution in [0.2, 0.25) is 0 Å². The van der Waals surface area contributed by atoms with Crippen LogP contribution in [0.3, 0.4) is 0 Å². The van der Waals surface area contributed by atoms with E-state index in [1.54, 1.807) is 0 Å². The number of carbonyl (C=O) groups is 1. The summed E-state index contributed by atoms with van der Waals surface area (Å²) in [7, 11) is -4.29. The Morgan fingerprint density at radius 2 is 1.88 bits per heavy atom. The van der Waals surface area contributed by atoms with Gasteiger partial charge in [-0.2, -0.15) is 21.6 Å². The zero-order valence-electron chi connectivity index (χ0n) is 14.4. The zero-order chi connectivity index (χ0) is 19.1. The average molecular weight is 385 g/mol. The van der Waals surface area contributed by atoms with E-state index in [9.17, 15) is 26.4 Å². The van der Waals surface area contributed by atoms with Crippen LogP contribution in [-0.2, 0) is 23.9 Å². The van der Waals surface area contributed by atoms with Gasteiger partial charge >= 0.3 is 15.6 Å². The summed E-state index contributed by atoms with van der Waals surface area (Å²) in [6, 6.07) is 0. The molecule has 0 radical (unpaired) electrons. The Morgan fingerprint density at radius 1 is 1.28 bits per heavy atom. The van der Waals surface area contributed by atoms with E-state index in [4.69, 9.17) is 4.84 Å². The summed E-state index contributed by atoms with van der Waals surface area (Å²) in [6.45, 7) is 3.83. The number of hydrogen-bond donors (Lipinski definition) is 0. The highest BCUT2D eigenvalue weighted by molar-refractivity contribution is 7.87. The quantitative estimate of drug-likeness (QED) is 0.537. The maximum atomic E-state index is 12.7. The molecule has 0 aromatic heterocycles. The molecule has 2 rings (SSSR count). The van der Waals surface area contributed by atoms with Crippen LogP contribution in [0.25, 0.3) is 0 Å². The molecule has 1 atom stereocenters. The highest BCUT2D eigenvalue weighted by atomic mass is 32.2. The number of halogens is 3. The predicted octanol–water partition coefficient (Wildman–Crippen LogP) is 3.26. The maximum Gasteiger partial charge on any atom is 0.534 e. The smallest absolute Gasteiger partial charge is 0.381 e. The summed E-state index contributed by atoms with van der Waals surface area (Å²) in [4.78, 5) is 18.0. The molecule has 1 fully saturated rings. The van der Waals surface area contributed by atoms with Crippen molar-refractivity contribution in [3.05, 3.63) is 11.8 Å². The van der Waals surface area contributed by atoms with Crippen molar-refractivity contribution in [2.24, 2.45) is 5.41 Å². The molecular formula is C15H22F3NO5S.